The van der Waals surface area contributed by atoms with Crippen LogP contribution in [0.3, 0.4) is 0 Å². The second kappa shape index (κ2) is 10.8. The van der Waals surface area contributed by atoms with Crippen molar-refractivity contribution >= 4 is 5.97 Å². The third-order valence-corrected chi connectivity index (χ3v) is 9.86. The Hall–Kier alpha value is -0.690. The Kier molecular flexibility index (Phi) is 8.98. The molecule has 1 unspecified atom stereocenters. The zero-order valence-corrected chi connectivity index (χ0v) is 25.2. The Bertz CT molecular complexity index is 724. The SMILES string of the molecule is CN1C(C)(C)CC(OC(=O)CCCCCCCCC2OOC23CC(C)(C)N(C)C(C)(C)C3)CC1(C)C. The number of carbonyl (C=O) groups excluding carboxylic acids is 1. The van der Waals surface area contributed by atoms with E-state index in [2.05, 4.69) is 79.3 Å². The van der Waals surface area contributed by atoms with Crippen LogP contribution >= 0.6 is 0 Å². The summed E-state index contributed by atoms with van der Waals surface area (Å²) in [5.41, 5.74) is 0.166. The van der Waals surface area contributed by atoms with Gasteiger partial charge in [0.05, 0.1) is 0 Å². The van der Waals surface area contributed by atoms with Gasteiger partial charge in [-0.3, -0.25) is 14.6 Å². The maximum Gasteiger partial charge on any atom is 0.306 e. The highest BCUT2D eigenvalue weighted by Crippen LogP contribution is 2.51. The van der Waals surface area contributed by atoms with Crippen LogP contribution in [-0.2, 0) is 19.3 Å². The number of rotatable bonds is 10. The first-order valence-electron chi connectivity index (χ1n) is 14.5. The third kappa shape index (κ3) is 6.65. The van der Waals surface area contributed by atoms with Crippen molar-refractivity contribution in [3.05, 3.63) is 0 Å². The van der Waals surface area contributed by atoms with E-state index in [4.69, 9.17) is 14.5 Å². The minimum absolute atomic E-state index is 0.0208. The third-order valence-electron chi connectivity index (χ3n) is 9.86. The number of hydrogen-bond donors (Lipinski definition) is 0. The lowest BCUT2D eigenvalue weighted by atomic mass is 9.67. The van der Waals surface area contributed by atoms with E-state index >= 15 is 0 Å². The van der Waals surface area contributed by atoms with Crippen molar-refractivity contribution in [2.45, 2.75) is 172 Å². The van der Waals surface area contributed by atoms with E-state index in [1.165, 1.54) is 25.7 Å². The lowest BCUT2D eigenvalue weighted by Crippen LogP contribution is -2.71. The van der Waals surface area contributed by atoms with Gasteiger partial charge in [-0.2, -0.15) is 0 Å². The zero-order chi connectivity index (χ0) is 27.0. The number of ether oxygens (including phenoxy) is 1. The molecule has 0 bridgehead atoms. The van der Waals surface area contributed by atoms with E-state index in [0.29, 0.717) is 6.42 Å². The summed E-state index contributed by atoms with van der Waals surface area (Å²) >= 11 is 0. The number of carbonyl (C=O) groups is 1. The Morgan fingerprint density at radius 1 is 0.750 bits per heavy atom. The highest BCUT2D eigenvalue weighted by molar-refractivity contribution is 5.69. The van der Waals surface area contributed by atoms with Crippen molar-refractivity contribution in [3.63, 3.8) is 0 Å². The van der Waals surface area contributed by atoms with Crippen molar-refractivity contribution in [1.82, 2.24) is 9.80 Å². The van der Waals surface area contributed by atoms with Gasteiger partial charge in [-0.25, -0.2) is 9.78 Å². The highest BCUT2D eigenvalue weighted by atomic mass is 17.3. The van der Waals surface area contributed by atoms with Gasteiger partial charge in [-0.15, -0.1) is 0 Å². The van der Waals surface area contributed by atoms with Gasteiger partial charge in [0.1, 0.15) is 17.8 Å². The fourth-order valence-electron chi connectivity index (χ4n) is 7.35. The Labute approximate surface area is 221 Å². The first-order chi connectivity index (χ1) is 16.5. The number of hydrogen-bond acceptors (Lipinski definition) is 6. The van der Waals surface area contributed by atoms with Crippen LogP contribution in [-0.4, -0.2) is 69.8 Å². The summed E-state index contributed by atoms with van der Waals surface area (Å²) in [5.74, 6) is -0.0208. The summed E-state index contributed by atoms with van der Waals surface area (Å²) in [5, 5.41) is 0. The van der Waals surface area contributed by atoms with E-state index in [0.717, 1.165) is 44.9 Å². The molecule has 0 aromatic heterocycles. The lowest BCUT2D eigenvalue weighted by molar-refractivity contribution is -0.524. The summed E-state index contributed by atoms with van der Waals surface area (Å²) in [6, 6.07) is 0. The van der Waals surface area contributed by atoms with E-state index in [9.17, 15) is 4.79 Å². The van der Waals surface area contributed by atoms with Crippen LogP contribution < -0.4 is 0 Å². The smallest absolute Gasteiger partial charge is 0.306 e. The second-order valence-electron chi connectivity index (χ2n) is 14.6. The molecule has 3 saturated heterocycles. The molecule has 0 saturated carbocycles. The fourth-order valence-corrected chi connectivity index (χ4v) is 7.35. The molecule has 0 amide bonds. The van der Waals surface area contributed by atoms with E-state index in [1.54, 1.807) is 0 Å². The molecule has 1 spiro atoms. The summed E-state index contributed by atoms with van der Waals surface area (Å²) in [7, 11) is 4.41. The van der Waals surface area contributed by atoms with Gasteiger partial charge in [0, 0.05) is 54.3 Å². The van der Waals surface area contributed by atoms with Crippen LogP contribution in [0.2, 0.25) is 0 Å². The van der Waals surface area contributed by atoms with Crippen LogP contribution in [0, 0.1) is 0 Å². The minimum atomic E-state index is -0.127. The number of piperidine rings is 2. The summed E-state index contributed by atoms with van der Waals surface area (Å²) in [4.78, 5) is 28.8. The van der Waals surface area contributed by atoms with Crippen LogP contribution in [0.25, 0.3) is 0 Å². The fraction of sp³-hybridized carbons (Fsp3) is 0.967. The van der Waals surface area contributed by atoms with Crippen molar-refractivity contribution in [3.8, 4) is 0 Å². The monoisotopic (exact) mass is 508 g/mol. The maximum atomic E-state index is 12.5. The Morgan fingerprint density at radius 3 is 1.72 bits per heavy atom. The molecule has 0 aliphatic carbocycles. The average Bonchev–Trinajstić information content (AvgIpc) is 2.73. The molecular formula is C30H56N2O4. The molecule has 0 aromatic rings. The quantitative estimate of drug-likeness (QED) is 0.187. The van der Waals surface area contributed by atoms with E-state index < -0.39 is 0 Å². The van der Waals surface area contributed by atoms with E-state index in [1.807, 2.05) is 0 Å². The summed E-state index contributed by atoms with van der Waals surface area (Å²) < 4.78 is 5.90. The molecule has 0 N–H and O–H groups in total. The molecule has 6 heteroatoms. The number of esters is 1. The van der Waals surface area contributed by atoms with Gasteiger partial charge in [-0.1, -0.05) is 32.1 Å². The number of unbranched alkanes of at least 4 members (excludes halogenated alkanes) is 5. The maximum absolute atomic E-state index is 12.5. The van der Waals surface area contributed by atoms with Gasteiger partial charge < -0.3 is 4.74 Å². The average molecular weight is 509 g/mol. The molecule has 3 heterocycles. The van der Waals surface area contributed by atoms with Crippen molar-refractivity contribution in [1.29, 1.82) is 0 Å². The first-order valence-corrected chi connectivity index (χ1v) is 14.5. The van der Waals surface area contributed by atoms with E-state index in [-0.39, 0.29) is 45.9 Å². The van der Waals surface area contributed by atoms with Gasteiger partial charge >= 0.3 is 5.97 Å². The topological polar surface area (TPSA) is 51.2 Å². The molecule has 3 aliphatic rings. The highest BCUT2D eigenvalue weighted by Gasteiger charge is 2.61. The van der Waals surface area contributed by atoms with Gasteiger partial charge in [-0.05, 0) is 82.3 Å². The molecule has 1 atom stereocenters. The standard InChI is InChI=1S/C30H56N2O4/c1-26(2)19-23(20-27(3,4)31(26)9)34-25(33)18-16-14-12-11-13-15-17-24-30(36-35-24)21-28(5,6)32(10)29(7,8)22-30/h23-24H,11-22H2,1-10H3. The molecule has 3 rings (SSSR count). The van der Waals surface area contributed by atoms with Crippen molar-refractivity contribution in [2.75, 3.05) is 14.1 Å². The van der Waals surface area contributed by atoms with Crippen LogP contribution in [0.5, 0.6) is 0 Å². The normalized spacial score (nSPS) is 29.1. The molecular weight excluding hydrogens is 452 g/mol. The molecule has 0 radical (unpaired) electrons. The molecule has 210 valence electrons. The molecule has 6 nitrogen and oxygen atoms in total. The Morgan fingerprint density at radius 2 is 1.22 bits per heavy atom. The summed E-state index contributed by atoms with van der Waals surface area (Å²) in [6.45, 7) is 18.3. The predicted molar refractivity (Wildman–Crippen MR) is 146 cm³/mol. The van der Waals surface area contributed by atoms with Gasteiger partial charge in [0.25, 0.3) is 0 Å². The lowest BCUT2D eigenvalue weighted by Gasteiger charge is -2.62. The zero-order valence-electron chi connectivity index (χ0n) is 25.2. The first kappa shape index (κ1) is 29.9. The minimum Gasteiger partial charge on any atom is -0.462 e. The van der Waals surface area contributed by atoms with Gasteiger partial charge in [0.2, 0.25) is 0 Å². The second-order valence-corrected chi connectivity index (χ2v) is 14.6. The Balaban J connectivity index is 1.28. The largest absolute Gasteiger partial charge is 0.462 e. The van der Waals surface area contributed by atoms with Crippen LogP contribution in [0.1, 0.15) is 132 Å². The van der Waals surface area contributed by atoms with Crippen LogP contribution in [0.15, 0.2) is 0 Å². The molecule has 36 heavy (non-hydrogen) atoms. The van der Waals surface area contributed by atoms with Crippen LogP contribution in [0.4, 0.5) is 0 Å². The molecule has 0 aromatic carbocycles. The van der Waals surface area contributed by atoms with Gasteiger partial charge in [0.15, 0.2) is 0 Å². The molecule has 3 aliphatic heterocycles. The van der Waals surface area contributed by atoms with Crippen molar-refractivity contribution < 1.29 is 19.3 Å². The predicted octanol–water partition coefficient (Wildman–Crippen LogP) is 6.65. The number of nitrogens with zero attached hydrogens (tertiary/aromatic N) is 2. The molecule has 3 fully saturated rings. The van der Waals surface area contributed by atoms with Crippen molar-refractivity contribution in [2.24, 2.45) is 0 Å². The number of likely N-dealkylation sites (tertiary alicyclic amines) is 2. The summed E-state index contributed by atoms with van der Waals surface area (Å²) in [6.07, 6.45) is 12.5.